The third-order valence-corrected chi connectivity index (χ3v) is 7.46. The molecular formula is C22H16Cl2N2O3. The molecule has 5 nitrogen and oxygen atoms in total. The molecule has 6 unspecified atom stereocenters. The van der Waals surface area contributed by atoms with Gasteiger partial charge >= 0.3 is 0 Å². The first-order valence-electron chi connectivity index (χ1n) is 9.68. The number of benzene rings is 2. The van der Waals surface area contributed by atoms with Crippen molar-refractivity contribution in [1.29, 1.82) is 0 Å². The predicted molar refractivity (Wildman–Crippen MR) is 109 cm³/mol. The minimum Gasteiger partial charge on any atom is -0.391 e. The van der Waals surface area contributed by atoms with Crippen molar-refractivity contribution < 1.29 is 14.4 Å². The fraction of sp³-hybridized carbons (Fsp3) is 0.318. The number of hydrogen-bond acceptors (Lipinski definition) is 4. The number of rotatable bonds is 2. The second kappa shape index (κ2) is 6.07. The van der Waals surface area contributed by atoms with E-state index in [0.29, 0.717) is 15.7 Å². The van der Waals surface area contributed by atoms with Crippen molar-refractivity contribution in [3.63, 3.8) is 0 Å². The van der Waals surface area contributed by atoms with Crippen molar-refractivity contribution in [2.75, 3.05) is 4.90 Å². The summed E-state index contributed by atoms with van der Waals surface area (Å²) >= 11 is 12.5. The minimum absolute atomic E-state index is 0.00696. The van der Waals surface area contributed by atoms with E-state index < -0.39 is 0 Å². The Kier molecular flexibility index (Phi) is 3.66. The molecule has 6 rings (SSSR count). The van der Waals surface area contributed by atoms with Gasteiger partial charge in [-0.05, 0) is 36.6 Å². The number of anilines is 1. The van der Waals surface area contributed by atoms with Gasteiger partial charge in [0.25, 0.3) is 0 Å². The summed E-state index contributed by atoms with van der Waals surface area (Å²) in [6, 6.07) is 14.5. The van der Waals surface area contributed by atoms with Crippen LogP contribution in [-0.2, 0) is 14.4 Å². The average Bonchev–Trinajstić information content (AvgIpc) is 3.43. The number of imide groups is 1. The summed E-state index contributed by atoms with van der Waals surface area (Å²) < 4.78 is 0. The molecule has 4 aliphatic rings. The third-order valence-electron chi connectivity index (χ3n) is 6.91. The smallest absolute Gasteiger partial charge is 0.238 e. The van der Waals surface area contributed by atoms with E-state index in [4.69, 9.17) is 28.0 Å². The summed E-state index contributed by atoms with van der Waals surface area (Å²) in [5.74, 6) is -0.895. The first kappa shape index (κ1) is 17.5. The molecule has 2 heterocycles. The summed E-state index contributed by atoms with van der Waals surface area (Å²) in [6.07, 6.45) is 0.616. The van der Waals surface area contributed by atoms with Crippen LogP contribution in [0.2, 0.25) is 10.0 Å². The van der Waals surface area contributed by atoms with E-state index in [0.717, 1.165) is 17.7 Å². The number of oxime groups is 1. The molecule has 0 aromatic heterocycles. The van der Waals surface area contributed by atoms with E-state index in [2.05, 4.69) is 5.16 Å². The van der Waals surface area contributed by atoms with Crippen LogP contribution < -0.4 is 4.90 Å². The second-order valence-corrected chi connectivity index (χ2v) is 9.00. The second-order valence-electron chi connectivity index (χ2n) is 8.16. The van der Waals surface area contributed by atoms with Crippen molar-refractivity contribution in [2.45, 2.75) is 12.5 Å². The van der Waals surface area contributed by atoms with Crippen LogP contribution in [0.1, 0.15) is 12.0 Å². The first-order chi connectivity index (χ1) is 14.1. The van der Waals surface area contributed by atoms with Crippen LogP contribution in [0.15, 0.2) is 53.7 Å². The average molecular weight is 427 g/mol. The SMILES string of the molecule is O=C1C2C3CC(C4C(c5ccc(Cl)cc5Cl)=NOC34)C2C(=O)N1c1ccccc1. The predicted octanol–water partition coefficient (Wildman–Crippen LogP) is 4.17. The number of carbonyl (C=O) groups is 2. The molecule has 29 heavy (non-hydrogen) atoms. The van der Waals surface area contributed by atoms with Gasteiger partial charge in [0.2, 0.25) is 11.8 Å². The van der Waals surface area contributed by atoms with E-state index in [1.165, 1.54) is 4.90 Å². The van der Waals surface area contributed by atoms with Crippen molar-refractivity contribution in [3.05, 3.63) is 64.1 Å². The molecule has 0 radical (unpaired) electrons. The Bertz CT molecular complexity index is 1090. The van der Waals surface area contributed by atoms with E-state index in [-0.39, 0.29) is 47.5 Å². The molecular weight excluding hydrogens is 411 g/mol. The molecule has 146 valence electrons. The van der Waals surface area contributed by atoms with Gasteiger partial charge in [0.05, 0.1) is 28.3 Å². The Morgan fingerprint density at radius 3 is 2.38 bits per heavy atom. The van der Waals surface area contributed by atoms with Gasteiger partial charge in [-0.1, -0.05) is 52.6 Å². The van der Waals surface area contributed by atoms with E-state index in [9.17, 15) is 9.59 Å². The van der Waals surface area contributed by atoms with Crippen molar-refractivity contribution >= 4 is 46.4 Å². The van der Waals surface area contributed by atoms with Crippen LogP contribution in [0.25, 0.3) is 0 Å². The van der Waals surface area contributed by atoms with E-state index >= 15 is 0 Å². The van der Waals surface area contributed by atoms with Gasteiger partial charge in [-0.2, -0.15) is 0 Å². The molecule has 2 aliphatic carbocycles. The topological polar surface area (TPSA) is 59.0 Å². The number of hydrogen-bond donors (Lipinski definition) is 0. The molecule has 2 aromatic carbocycles. The number of amides is 2. The molecule has 1 saturated heterocycles. The van der Waals surface area contributed by atoms with Crippen molar-refractivity contribution in [3.8, 4) is 0 Å². The largest absolute Gasteiger partial charge is 0.391 e. The molecule has 2 aliphatic heterocycles. The Balaban J connectivity index is 1.37. The highest BCUT2D eigenvalue weighted by molar-refractivity contribution is 6.37. The quantitative estimate of drug-likeness (QED) is 0.677. The van der Waals surface area contributed by atoms with E-state index in [1.807, 2.05) is 24.3 Å². The summed E-state index contributed by atoms with van der Waals surface area (Å²) in [6.45, 7) is 0. The number of fused-ring (bicyclic) bond motifs is 8. The molecule has 7 heteroatoms. The van der Waals surface area contributed by atoms with Gasteiger partial charge in [-0.3, -0.25) is 14.5 Å². The Morgan fingerprint density at radius 2 is 1.66 bits per heavy atom. The lowest BCUT2D eigenvalue weighted by atomic mass is 9.71. The standard InChI is InChI=1S/C22H16Cl2N2O3/c23-10-6-7-12(15(24)8-10)19-18-13-9-14(20(18)29-25-19)17-16(13)21(27)26(22(17)28)11-4-2-1-3-5-11/h1-8,13-14,16-18,20H,9H2. The van der Waals surface area contributed by atoms with Crippen molar-refractivity contribution in [1.82, 2.24) is 0 Å². The Morgan fingerprint density at radius 1 is 0.931 bits per heavy atom. The summed E-state index contributed by atoms with van der Waals surface area (Å²) in [4.78, 5) is 33.7. The van der Waals surface area contributed by atoms with Crippen LogP contribution in [0, 0.1) is 29.6 Å². The summed E-state index contributed by atoms with van der Waals surface area (Å²) in [7, 11) is 0. The molecule has 2 amide bonds. The lowest BCUT2D eigenvalue weighted by Gasteiger charge is -2.30. The molecule has 2 saturated carbocycles. The van der Waals surface area contributed by atoms with Crippen LogP contribution in [0.5, 0.6) is 0 Å². The van der Waals surface area contributed by atoms with Crippen LogP contribution >= 0.6 is 23.2 Å². The molecule has 3 fully saturated rings. The van der Waals surface area contributed by atoms with Crippen LogP contribution in [0.4, 0.5) is 5.69 Å². The van der Waals surface area contributed by atoms with E-state index in [1.54, 1.807) is 24.3 Å². The monoisotopic (exact) mass is 426 g/mol. The lowest BCUT2D eigenvalue weighted by molar-refractivity contribution is -0.125. The molecule has 2 aromatic rings. The fourth-order valence-electron chi connectivity index (χ4n) is 5.88. The molecule has 0 spiro atoms. The zero-order valence-electron chi connectivity index (χ0n) is 15.2. The lowest BCUT2D eigenvalue weighted by Crippen LogP contribution is -2.41. The molecule has 0 N–H and O–H groups in total. The highest BCUT2D eigenvalue weighted by Crippen LogP contribution is 2.62. The Hall–Kier alpha value is -2.37. The van der Waals surface area contributed by atoms with Gasteiger partial charge < -0.3 is 4.84 Å². The zero-order chi connectivity index (χ0) is 19.9. The first-order valence-corrected chi connectivity index (χ1v) is 10.4. The number of nitrogens with zero attached hydrogens (tertiary/aromatic N) is 2. The maximum atomic E-state index is 13.3. The van der Waals surface area contributed by atoms with Crippen molar-refractivity contribution in [2.24, 2.45) is 34.7 Å². The maximum Gasteiger partial charge on any atom is 0.238 e. The number of halogens is 2. The normalized spacial score (nSPS) is 34.3. The highest BCUT2D eigenvalue weighted by atomic mass is 35.5. The fourth-order valence-corrected chi connectivity index (χ4v) is 6.38. The zero-order valence-corrected chi connectivity index (χ0v) is 16.7. The molecule has 2 bridgehead atoms. The van der Waals surface area contributed by atoms with Crippen LogP contribution in [0.3, 0.4) is 0 Å². The number of para-hydroxylation sites is 1. The Labute approximate surface area is 177 Å². The molecule has 6 atom stereocenters. The van der Waals surface area contributed by atoms with Gasteiger partial charge in [-0.25, -0.2) is 0 Å². The number of carbonyl (C=O) groups excluding carboxylic acids is 2. The van der Waals surface area contributed by atoms with Gasteiger partial charge in [0, 0.05) is 22.4 Å². The van der Waals surface area contributed by atoms with Crippen LogP contribution in [-0.4, -0.2) is 23.6 Å². The van der Waals surface area contributed by atoms with Gasteiger partial charge in [0.15, 0.2) is 0 Å². The summed E-state index contributed by atoms with van der Waals surface area (Å²) in [5, 5.41) is 5.40. The minimum atomic E-state index is -0.329. The van der Waals surface area contributed by atoms with Gasteiger partial charge in [-0.15, -0.1) is 0 Å². The maximum absolute atomic E-state index is 13.3. The highest BCUT2D eigenvalue weighted by Gasteiger charge is 2.70. The summed E-state index contributed by atoms with van der Waals surface area (Å²) in [5.41, 5.74) is 2.18. The van der Waals surface area contributed by atoms with Gasteiger partial charge in [0.1, 0.15) is 6.10 Å². The third kappa shape index (κ3) is 2.26.